The Hall–Kier alpha value is 0.799. The standard InChI is InChI=1S/C8H12.3CH3.Sn/c1-2-8-5-3-7(1)4-6-8;;;;/h1-6H2;3*1H3;. The number of fused-ring (bicyclic) bond motifs is 3. The van der Waals surface area contributed by atoms with E-state index in [1.807, 2.05) is 5.92 Å². The van der Waals surface area contributed by atoms with Gasteiger partial charge in [0, 0.05) is 0 Å². The van der Waals surface area contributed by atoms with Gasteiger partial charge in [0.05, 0.1) is 0 Å². The van der Waals surface area contributed by atoms with E-state index in [0.717, 1.165) is 3.43 Å². The summed E-state index contributed by atoms with van der Waals surface area (Å²) in [6.45, 7) is 0. The molecule has 0 amide bonds. The fourth-order valence-electron chi connectivity index (χ4n) is 3.12. The normalized spacial score (nSPS) is 29.2. The summed E-state index contributed by atoms with van der Waals surface area (Å²) in [5, 5.41) is 0. The van der Waals surface area contributed by atoms with Gasteiger partial charge >= 0.3 is 81.1 Å². The summed E-state index contributed by atoms with van der Waals surface area (Å²) in [5.41, 5.74) is 0. The maximum atomic E-state index is 2.64. The van der Waals surface area contributed by atoms with Crippen molar-refractivity contribution in [2.45, 2.75) is 56.8 Å². The minimum atomic E-state index is -1.61. The Morgan fingerprint density at radius 2 is 1.33 bits per heavy atom. The van der Waals surface area contributed by atoms with E-state index < -0.39 is 18.4 Å². The summed E-state index contributed by atoms with van der Waals surface area (Å²) >= 11 is -1.61. The third-order valence-electron chi connectivity index (χ3n) is 4.46. The Balaban J connectivity index is 2.19. The zero-order chi connectivity index (χ0) is 8.82. The molecule has 2 bridgehead atoms. The van der Waals surface area contributed by atoms with Gasteiger partial charge in [-0.05, 0) is 0 Å². The van der Waals surface area contributed by atoms with Crippen molar-refractivity contribution in [1.29, 1.82) is 0 Å². The molecule has 0 aliphatic heterocycles. The summed E-state index contributed by atoms with van der Waals surface area (Å²) in [6, 6.07) is 0. The molecule has 0 nitrogen and oxygen atoms in total. The van der Waals surface area contributed by atoms with Crippen LogP contribution in [0.2, 0.25) is 18.2 Å². The minimum absolute atomic E-state index is 0.913. The first-order valence-electron chi connectivity index (χ1n) is 5.37. The van der Waals surface area contributed by atoms with E-state index in [0.29, 0.717) is 0 Å². The second kappa shape index (κ2) is 2.90. The summed E-state index contributed by atoms with van der Waals surface area (Å²) in [6.07, 6.45) is 9.20. The van der Waals surface area contributed by atoms with Crippen LogP contribution in [0.3, 0.4) is 0 Å². The first kappa shape index (κ1) is 9.36. The van der Waals surface area contributed by atoms with E-state index >= 15 is 0 Å². The molecule has 0 N–H and O–H groups in total. The van der Waals surface area contributed by atoms with Gasteiger partial charge in [0.25, 0.3) is 0 Å². The van der Waals surface area contributed by atoms with Crippen molar-refractivity contribution in [3.8, 4) is 0 Å². The Morgan fingerprint density at radius 1 is 0.917 bits per heavy atom. The molecule has 3 aliphatic carbocycles. The number of hydrogen-bond donors (Lipinski definition) is 0. The average Bonchev–Trinajstić information content (AvgIpc) is 2.06. The van der Waals surface area contributed by atoms with Crippen molar-refractivity contribution in [2.75, 3.05) is 0 Å². The van der Waals surface area contributed by atoms with Gasteiger partial charge in [0.2, 0.25) is 0 Å². The van der Waals surface area contributed by atoms with Crippen LogP contribution in [0.5, 0.6) is 0 Å². The van der Waals surface area contributed by atoms with Gasteiger partial charge in [0.1, 0.15) is 0 Å². The molecule has 3 rings (SSSR count). The van der Waals surface area contributed by atoms with Gasteiger partial charge in [0.15, 0.2) is 0 Å². The molecule has 69 valence electrons. The maximum absolute atomic E-state index is 2.64. The second-order valence-corrected chi connectivity index (χ2v) is 21.7. The number of hydrogen-bond acceptors (Lipinski definition) is 0. The van der Waals surface area contributed by atoms with E-state index in [1.54, 1.807) is 19.3 Å². The fourth-order valence-corrected chi connectivity index (χ4v) is 10.6. The van der Waals surface area contributed by atoms with Gasteiger partial charge < -0.3 is 0 Å². The van der Waals surface area contributed by atoms with E-state index in [1.165, 1.54) is 19.3 Å². The molecule has 3 fully saturated rings. The van der Waals surface area contributed by atoms with Gasteiger partial charge in [-0.3, -0.25) is 0 Å². The van der Waals surface area contributed by atoms with Crippen LogP contribution in [0.15, 0.2) is 0 Å². The molecule has 12 heavy (non-hydrogen) atoms. The van der Waals surface area contributed by atoms with E-state index in [4.69, 9.17) is 0 Å². The molecule has 3 aliphatic rings. The van der Waals surface area contributed by atoms with Crippen molar-refractivity contribution >= 4 is 18.4 Å². The zero-order valence-electron chi connectivity index (χ0n) is 8.74. The molecule has 0 atom stereocenters. The van der Waals surface area contributed by atoms with Crippen LogP contribution < -0.4 is 0 Å². The molecule has 0 aromatic carbocycles. The Labute approximate surface area is 81.0 Å². The summed E-state index contributed by atoms with van der Waals surface area (Å²) in [5.74, 6) is 1.90. The predicted molar refractivity (Wildman–Crippen MR) is 57.0 cm³/mol. The first-order valence-corrected chi connectivity index (χ1v) is 15.4. The monoisotopic (exact) mass is 273 g/mol. The Bertz CT molecular complexity index is 156. The van der Waals surface area contributed by atoms with E-state index in [9.17, 15) is 0 Å². The molecule has 1 radical (unpaired) electrons. The second-order valence-electron chi connectivity index (χ2n) is 5.78. The predicted octanol–water partition coefficient (Wildman–Crippen LogP) is 4.01. The van der Waals surface area contributed by atoms with Crippen molar-refractivity contribution in [2.24, 2.45) is 0 Å². The SMILES string of the molecule is [CH3][Sn]([CH3])([CH3])[C]12CC[C](CC1)CC2. The van der Waals surface area contributed by atoms with Gasteiger partial charge in [-0.15, -0.1) is 0 Å². The molecule has 3 saturated carbocycles. The van der Waals surface area contributed by atoms with Gasteiger partial charge in [-0.25, -0.2) is 0 Å². The third-order valence-corrected chi connectivity index (χ3v) is 15.7. The van der Waals surface area contributed by atoms with Crippen LogP contribution in [-0.4, -0.2) is 18.4 Å². The quantitative estimate of drug-likeness (QED) is 0.633. The van der Waals surface area contributed by atoms with E-state index in [-0.39, 0.29) is 0 Å². The number of rotatable bonds is 1. The summed E-state index contributed by atoms with van der Waals surface area (Å²) in [4.78, 5) is 7.93. The van der Waals surface area contributed by atoms with Crippen LogP contribution in [0.25, 0.3) is 0 Å². The molecule has 1 heteroatoms. The molecular weight excluding hydrogens is 251 g/mol. The molecule has 0 aromatic heterocycles. The van der Waals surface area contributed by atoms with Crippen LogP contribution in [-0.2, 0) is 0 Å². The summed E-state index contributed by atoms with van der Waals surface area (Å²) < 4.78 is 0.913. The van der Waals surface area contributed by atoms with Crippen molar-refractivity contribution in [3.05, 3.63) is 5.92 Å². The molecule has 0 saturated heterocycles. The molecule has 0 spiro atoms. The van der Waals surface area contributed by atoms with Crippen LogP contribution >= 0.6 is 0 Å². The molecular formula is C11H21Sn. The van der Waals surface area contributed by atoms with Crippen LogP contribution in [0.1, 0.15) is 38.5 Å². The van der Waals surface area contributed by atoms with Crippen molar-refractivity contribution < 1.29 is 0 Å². The Morgan fingerprint density at radius 3 is 1.58 bits per heavy atom. The fraction of sp³-hybridized carbons (Fsp3) is 0.909. The zero-order valence-corrected chi connectivity index (χ0v) is 11.6. The third kappa shape index (κ3) is 1.34. The molecule has 0 unspecified atom stereocenters. The molecule has 0 heterocycles. The van der Waals surface area contributed by atoms with Crippen molar-refractivity contribution in [1.82, 2.24) is 0 Å². The van der Waals surface area contributed by atoms with Gasteiger partial charge in [-0.1, -0.05) is 0 Å². The first-order chi connectivity index (χ1) is 5.54. The van der Waals surface area contributed by atoms with Crippen molar-refractivity contribution in [3.63, 3.8) is 0 Å². The molecule has 0 aromatic rings. The van der Waals surface area contributed by atoms with E-state index in [2.05, 4.69) is 14.8 Å². The van der Waals surface area contributed by atoms with Crippen LogP contribution in [0, 0.1) is 5.92 Å². The van der Waals surface area contributed by atoms with Crippen LogP contribution in [0.4, 0.5) is 0 Å². The topological polar surface area (TPSA) is 0 Å². The van der Waals surface area contributed by atoms with Gasteiger partial charge in [-0.2, -0.15) is 0 Å². The summed E-state index contributed by atoms with van der Waals surface area (Å²) in [7, 11) is 0. The Kier molecular flexibility index (Phi) is 2.26. The average molecular weight is 272 g/mol.